The van der Waals surface area contributed by atoms with Crippen LogP contribution in [0.25, 0.3) is 0 Å². The molecule has 0 bridgehead atoms. The smallest absolute Gasteiger partial charge is 0.119 e. The van der Waals surface area contributed by atoms with Gasteiger partial charge in [0.25, 0.3) is 0 Å². The molecule has 0 aromatic heterocycles. The Labute approximate surface area is 141 Å². The number of rotatable bonds is 12. The number of benzene rings is 1. The average molecular weight is 323 g/mol. The third kappa shape index (κ3) is 9.47. The van der Waals surface area contributed by atoms with E-state index in [1.807, 2.05) is 31.2 Å². The second kappa shape index (κ2) is 11.3. The van der Waals surface area contributed by atoms with E-state index in [4.69, 9.17) is 9.47 Å². The minimum Gasteiger partial charge on any atom is -0.494 e. The zero-order chi connectivity index (χ0) is 17.1. The van der Waals surface area contributed by atoms with Crippen molar-refractivity contribution in [3.8, 4) is 11.5 Å². The number of ether oxygens (including phenoxy) is 2. The van der Waals surface area contributed by atoms with Crippen LogP contribution >= 0.6 is 0 Å². The topological polar surface area (TPSA) is 50.7 Å². The summed E-state index contributed by atoms with van der Waals surface area (Å²) in [7, 11) is 0. The van der Waals surface area contributed by atoms with Crippen molar-refractivity contribution in [3.63, 3.8) is 0 Å². The van der Waals surface area contributed by atoms with Gasteiger partial charge >= 0.3 is 0 Å². The van der Waals surface area contributed by atoms with Crippen LogP contribution in [0.3, 0.4) is 0 Å². The zero-order valence-electron chi connectivity index (χ0n) is 15.0. The standard InChI is InChI=1S/C19H33NO3/c1-5-22-18-9-11-19(12-10-18)23-14-17(21)13-20-16(4)8-6-7-15(2)3/h9-12,15-17,20-21H,5-8,13-14H2,1-4H3. The summed E-state index contributed by atoms with van der Waals surface area (Å²) in [6.45, 7) is 10.1. The third-order valence-corrected chi connectivity index (χ3v) is 3.70. The fourth-order valence-electron chi connectivity index (χ4n) is 2.32. The third-order valence-electron chi connectivity index (χ3n) is 3.70. The normalized spacial score (nSPS) is 13.8. The van der Waals surface area contributed by atoms with E-state index in [2.05, 4.69) is 26.1 Å². The van der Waals surface area contributed by atoms with Gasteiger partial charge in [-0.15, -0.1) is 0 Å². The molecule has 23 heavy (non-hydrogen) atoms. The monoisotopic (exact) mass is 323 g/mol. The predicted octanol–water partition coefficient (Wildman–Crippen LogP) is 3.63. The van der Waals surface area contributed by atoms with Gasteiger partial charge in [-0.25, -0.2) is 0 Å². The molecule has 1 aromatic rings. The quantitative estimate of drug-likeness (QED) is 0.617. The fraction of sp³-hybridized carbons (Fsp3) is 0.684. The van der Waals surface area contributed by atoms with Crippen molar-refractivity contribution in [2.75, 3.05) is 19.8 Å². The van der Waals surface area contributed by atoms with Crippen LogP contribution in [0, 0.1) is 5.92 Å². The van der Waals surface area contributed by atoms with Crippen LogP contribution in [0.1, 0.15) is 47.0 Å². The van der Waals surface area contributed by atoms with Crippen LogP contribution in [0.15, 0.2) is 24.3 Å². The van der Waals surface area contributed by atoms with Gasteiger partial charge in [-0.3, -0.25) is 0 Å². The van der Waals surface area contributed by atoms with E-state index in [1.165, 1.54) is 12.8 Å². The Morgan fingerprint density at radius 3 is 2.17 bits per heavy atom. The molecule has 4 nitrogen and oxygen atoms in total. The number of aliphatic hydroxyl groups is 1. The molecule has 2 N–H and O–H groups in total. The molecular formula is C19H33NO3. The van der Waals surface area contributed by atoms with E-state index < -0.39 is 6.10 Å². The lowest BCUT2D eigenvalue weighted by Crippen LogP contribution is -2.36. The molecule has 0 aliphatic heterocycles. The highest BCUT2D eigenvalue weighted by Crippen LogP contribution is 2.17. The minimum absolute atomic E-state index is 0.291. The molecule has 0 aliphatic carbocycles. The summed E-state index contributed by atoms with van der Waals surface area (Å²) < 4.78 is 11.0. The maximum Gasteiger partial charge on any atom is 0.119 e. The molecule has 0 fully saturated rings. The van der Waals surface area contributed by atoms with Gasteiger partial charge in [-0.2, -0.15) is 0 Å². The number of hydrogen-bond donors (Lipinski definition) is 2. The van der Waals surface area contributed by atoms with Crippen molar-refractivity contribution >= 4 is 0 Å². The molecule has 132 valence electrons. The maximum absolute atomic E-state index is 10.00. The molecule has 4 heteroatoms. The van der Waals surface area contributed by atoms with Crippen LogP contribution in [0.4, 0.5) is 0 Å². The average Bonchev–Trinajstić information content (AvgIpc) is 2.52. The number of hydrogen-bond acceptors (Lipinski definition) is 4. The molecule has 0 aliphatic rings. The maximum atomic E-state index is 10.00. The van der Waals surface area contributed by atoms with Crippen LogP contribution in [0.2, 0.25) is 0 Å². The minimum atomic E-state index is -0.505. The van der Waals surface area contributed by atoms with Gasteiger partial charge in [-0.1, -0.05) is 26.7 Å². The highest BCUT2D eigenvalue weighted by Gasteiger charge is 2.08. The van der Waals surface area contributed by atoms with Crippen molar-refractivity contribution in [2.45, 2.75) is 59.1 Å². The molecule has 0 radical (unpaired) electrons. The Hall–Kier alpha value is -1.26. The van der Waals surface area contributed by atoms with Crippen LogP contribution in [0.5, 0.6) is 11.5 Å². The largest absolute Gasteiger partial charge is 0.494 e. The molecule has 2 unspecified atom stereocenters. The molecule has 0 saturated carbocycles. The van der Waals surface area contributed by atoms with Gasteiger partial charge in [0.1, 0.15) is 24.2 Å². The van der Waals surface area contributed by atoms with Crippen molar-refractivity contribution in [1.82, 2.24) is 5.32 Å². The van der Waals surface area contributed by atoms with Gasteiger partial charge in [0, 0.05) is 12.6 Å². The van der Waals surface area contributed by atoms with Gasteiger partial charge < -0.3 is 19.9 Å². The van der Waals surface area contributed by atoms with Crippen molar-refractivity contribution in [3.05, 3.63) is 24.3 Å². The summed E-state index contributed by atoms with van der Waals surface area (Å²) in [5, 5.41) is 13.4. The Morgan fingerprint density at radius 2 is 1.61 bits per heavy atom. The molecule has 1 rings (SSSR count). The summed E-state index contributed by atoms with van der Waals surface area (Å²) in [5.41, 5.74) is 0. The highest BCUT2D eigenvalue weighted by molar-refractivity contribution is 5.31. The zero-order valence-corrected chi connectivity index (χ0v) is 15.0. The van der Waals surface area contributed by atoms with E-state index in [-0.39, 0.29) is 0 Å². The van der Waals surface area contributed by atoms with Gasteiger partial charge in [-0.05, 0) is 50.5 Å². The first-order valence-corrected chi connectivity index (χ1v) is 8.78. The predicted molar refractivity (Wildman–Crippen MR) is 95.3 cm³/mol. The lowest BCUT2D eigenvalue weighted by atomic mass is 10.0. The van der Waals surface area contributed by atoms with E-state index in [1.54, 1.807) is 0 Å². The summed E-state index contributed by atoms with van der Waals surface area (Å²) in [6.07, 6.45) is 3.12. The molecule has 2 atom stereocenters. The van der Waals surface area contributed by atoms with Crippen LogP contribution in [-0.2, 0) is 0 Å². The fourth-order valence-corrected chi connectivity index (χ4v) is 2.32. The van der Waals surface area contributed by atoms with Gasteiger partial charge in [0.05, 0.1) is 6.61 Å². The number of nitrogens with one attached hydrogen (secondary N) is 1. The van der Waals surface area contributed by atoms with Gasteiger partial charge in [0.2, 0.25) is 0 Å². The second-order valence-electron chi connectivity index (χ2n) is 6.50. The number of aliphatic hydroxyl groups excluding tert-OH is 1. The summed E-state index contributed by atoms with van der Waals surface area (Å²) in [6, 6.07) is 7.90. The lowest BCUT2D eigenvalue weighted by Gasteiger charge is -2.18. The van der Waals surface area contributed by atoms with Crippen molar-refractivity contribution < 1.29 is 14.6 Å². The first-order valence-electron chi connectivity index (χ1n) is 8.78. The van der Waals surface area contributed by atoms with Crippen LogP contribution < -0.4 is 14.8 Å². The lowest BCUT2D eigenvalue weighted by molar-refractivity contribution is 0.103. The van der Waals surface area contributed by atoms with E-state index in [0.717, 1.165) is 23.8 Å². The van der Waals surface area contributed by atoms with E-state index in [0.29, 0.717) is 25.8 Å². The Kier molecular flexibility index (Phi) is 9.72. The molecule has 0 amide bonds. The molecule has 0 saturated heterocycles. The Balaban J connectivity index is 2.17. The van der Waals surface area contributed by atoms with Crippen molar-refractivity contribution in [1.29, 1.82) is 0 Å². The summed E-state index contributed by atoms with van der Waals surface area (Å²) >= 11 is 0. The Bertz CT molecular complexity index is 406. The molecule has 0 spiro atoms. The first-order chi connectivity index (χ1) is 11.0. The second-order valence-corrected chi connectivity index (χ2v) is 6.50. The summed E-state index contributed by atoms with van der Waals surface area (Å²) in [4.78, 5) is 0. The summed E-state index contributed by atoms with van der Waals surface area (Å²) in [5.74, 6) is 2.34. The highest BCUT2D eigenvalue weighted by atomic mass is 16.5. The molecule has 0 heterocycles. The molecular weight excluding hydrogens is 290 g/mol. The van der Waals surface area contributed by atoms with Crippen molar-refractivity contribution in [2.24, 2.45) is 5.92 Å². The molecule has 1 aromatic carbocycles. The van der Waals surface area contributed by atoms with E-state index in [9.17, 15) is 5.11 Å². The first kappa shape index (κ1) is 19.8. The SMILES string of the molecule is CCOc1ccc(OCC(O)CNC(C)CCCC(C)C)cc1. The van der Waals surface area contributed by atoms with E-state index >= 15 is 0 Å². The van der Waals surface area contributed by atoms with Crippen LogP contribution in [-0.4, -0.2) is 37.0 Å². The Morgan fingerprint density at radius 1 is 1.00 bits per heavy atom. The van der Waals surface area contributed by atoms with Gasteiger partial charge in [0.15, 0.2) is 0 Å².